The summed E-state index contributed by atoms with van der Waals surface area (Å²) in [4.78, 5) is 0. The zero-order valence-corrected chi connectivity index (χ0v) is 13.5. The van der Waals surface area contributed by atoms with Crippen molar-refractivity contribution in [2.75, 3.05) is 31.8 Å². The summed E-state index contributed by atoms with van der Waals surface area (Å²) >= 11 is 1.98. The van der Waals surface area contributed by atoms with E-state index in [0.717, 1.165) is 36.8 Å². The second-order valence-electron chi connectivity index (χ2n) is 5.17. The molecule has 1 N–H and O–H groups in total. The lowest BCUT2D eigenvalue weighted by Crippen LogP contribution is -2.46. The van der Waals surface area contributed by atoms with E-state index in [1.165, 1.54) is 11.1 Å². The maximum atomic E-state index is 5.94. The molecule has 0 amide bonds. The van der Waals surface area contributed by atoms with Crippen LogP contribution in [0.25, 0.3) is 0 Å². The van der Waals surface area contributed by atoms with Gasteiger partial charge in [0.25, 0.3) is 0 Å². The molecule has 1 fully saturated rings. The Kier molecular flexibility index (Phi) is 6.20. The van der Waals surface area contributed by atoms with Gasteiger partial charge in [0.2, 0.25) is 0 Å². The van der Waals surface area contributed by atoms with Gasteiger partial charge in [0.1, 0.15) is 5.75 Å². The predicted molar refractivity (Wildman–Crippen MR) is 86.0 cm³/mol. The highest BCUT2D eigenvalue weighted by Gasteiger charge is 2.25. The Hall–Kier alpha value is -0.710. The molecule has 1 aromatic carbocycles. The molecule has 2 atom stereocenters. The Morgan fingerprint density at radius 1 is 1.50 bits per heavy atom. The van der Waals surface area contributed by atoms with Crippen molar-refractivity contribution in [3.63, 3.8) is 0 Å². The van der Waals surface area contributed by atoms with Crippen molar-refractivity contribution < 1.29 is 9.47 Å². The predicted octanol–water partition coefficient (Wildman–Crippen LogP) is 2.66. The summed E-state index contributed by atoms with van der Waals surface area (Å²) in [5.41, 5.74) is 2.53. The van der Waals surface area contributed by atoms with Crippen LogP contribution in [0.5, 0.6) is 5.75 Å². The summed E-state index contributed by atoms with van der Waals surface area (Å²) in [5.74, 6) is 3.16. The lowest BCUT2D eigenvalue weighted by molar-refractivity contribution is 0.0474. The van der Waals surface area contributed by atoms with E-state index in [9.17, 15) is 0 Å². The molecular weight excluding hydrogens is 270 g/mol. The number of likely N-dealkylation sites (N-methyl/N-ethyl adjacent to an activating group) is 1. The molecule has 112 valence electrons. The molecule has 0 saturated carbocycles. The van der Waals surface area contributed by atoms with Crippen LogP contribution in [0.4, 0.5) is 0 Å². The van der Waals surface area contributed by atoms with E-state index in [4.69, 9.17) is 9.47 Å². The molecule has 0 spiro atoms. The van der Waals surface area contributed by atoms with Gasteiger partial charge < -0.3 is 14.8 Å². The molecule has 1 saturated heterocycles. The van der Waals surface area contributed by atoms with Crippen molar-refractivity contribution in [2.24, 2.45) is 0 Å². The van der Waals surface area contributed by atoms with Crippen LogP contribution in [0, 0.1) is 6.92 Å². The first-order valence-electron chi connectivity index (χ1n) is 7.30. The second-order valence-corrected chi connectivity index (χ2v) is 6.32. The molecular formula is C16H25NO2S. The van der Waals surface area contributed by atoms with E-state index >= 15 is 0 Å². The number of benzene rings is 1. The van der Waals surface area contributed by atoms with Crippen LogP contribution in [-0.2, 0) is 11.2 Å². The van der Waals surface area contributed by atoms with Gasteiger partial charge in [-0.05, 0) is 31.5 Å². The zero-order valence-electron chi connectivity index (χ0n) is 12.6. The minimum absolute atomic E-state index is 0.291. The quantitative estimate of drug-likeness (QED) is 0.874. The van der Waals surface area contributed by atoms with E-state index in [2.05, 4.69) is 37.4 Å². The smallest absolute Gasteiger partial charge is 0.122 e. The molecule has 0 radical (unpaired) electrons. The Balaban J connectivity index is 2.12. The first-order chi connectivity index (χ1) is 9.74. The molecule has 1 heterocycles. The lowest BCUT2D eigenvalue weighted by atomic mass is 9.99. The van der Waals surface area contributed by atoms with Crippen LogP contribution in [0.3, 0.4) is 0 Å². The van der Waals surface area contributed by atoms with E-state index < -0.39 is 0 Å². The minimum Gasteiger partial charge on any atom is -0.496 e. The molecule has 20 heavy (non-hydrogen) atoms. The molecule has 1 aromatic rings. The molecule has 0 aromatic heterocycles. The SMILES string of the molecule is CCNC(Cc1cc(C)ccc1OC)C1CSCCO1. The largest absolute Gasteiger partial charge is 0.496 e. The van der Waals surface area contributed by atoms with Crippen molar-refractivity contribution in [2.45, 2.75) is 32.4 Å². The summed E-state index contributed by atoms with van der Waals surface area (Å²) in [6.45, 7) is 6.10. The van der Waals surface area contributed by atoms with Crippen LogP contribution in [0.2, 0.25) is 0 Å². The standard InChI is InChI=1S/C16H25NO2S/c1-4-17-14(16-11-20-8-7-19-16)10-13-9-12(2)5-6-15(13)18-3/h5-6,9,14,16-17H,4,7-8,10-11H2,1-3H3. The van der Waals surface area contributed by atoms with Gasteiger partial charge in [-0.25, -0.2) is 0 Å². The maximum absolute atomic E-state index is 5.94. The van der Waals surface area contributed by atoms with Gasteiger partial charge in [0.15, 0.2) is 0 Å². The van der Waals surface area contributed by atoms with Crippen LogP contribution in [0.15, 0.2) is 18.2 Å². The molecule has 3 nitrogen and oxygen atoms in total. The third-order valence-electron chi connectivity index (χ3n) is 3.63. The monoisotopic (exact) mass is 295 g/mol. The van der Waals surface area contributed by atoms with Crippen LogP contribution in [0.1, 0.15) is 18.1 Å². The molecule has 2 rings (SSSR count). The molecule has 2 unspecified atom stereocenters. The van der Waals surface area contributed by atoms with Gasteiger partial charge in [0.05, 0.1) is 19.8 Å². The molecule has 0 aliphatic carbocycles. The molecule has 4 heteroatoms. The fourth-order valence-corrected chi connectivity index (χ4v) is 3.58. The number of ether oxygens (including phenoxy) is 2. The van der Waals surface area contributed by atoms with Gasteiger partial charge in [-0.2, -0.15) is 11.8 Å². The van der Waals surface area contributed by atoms with Crippen LogP contribution < -0.4 is 10.1 Å². The van der Waals surface area contributed by atoms with E-state index in [1.54, 1.807) is 7.11 Å². The number of rotatable bonds is 6. The highest BCUT2D eigenvalue weighted by molar-refractivity contribution is 7.99. The van der Waals surface area contributed by atoms with Gasteiger partial charge in [-0.3, -0.25) is 0 Å². The summed E-state index contributed by atoms with van der Waals surface area (Å²) in [5, 5.41) is 3.58. The Bertz CT molecular complexity index is 419. The molecule has 1 aliphatic heterocycles. The Labute approximate surface area is 126 Å². The Morgan fingerprint density at radius 3 is 3.00 bits per heavy atom. The highest BCUT2D eigenvalue weighted by atomic mass is 32.2. The van der Waals surface area contributed by atoms with E-state index in [-0.39, 0.29) is 0 Å². The minimum atomic E-state index is 0.291. The van der Waals surface area contributed by atoms with Gasteiger partial charge in [0, 0.05) is 17.5 Å². The molecule has 1 aliphatic rings. The fraction of sp³-hybridized carbons (Fsp3) is 0.625. The third-order valence-corrected chi connectivity index (χ3v) is 4.65. The van der Waals surface area contributed by atoms with Crippen LogP contribution in [-0.4, -0.2) is 43.9 Å². The van der Waals surface area contributed by atoms with Crippen molar-refractivity contribution in [3.8, 4) is 5.75 Å². The second kappa shape index (κ2) is 7.91. The summed E-state index contributed by atoms with van der Waals surface area (Å²) in [6, 6.07) is 6.73. The average molecular weight is 295 g/mol. The topological polar surface area (TPSA) is 30.5 Å². The summed E-state index contributed by atoms with van der Waals surface area (Å²) < 4.78 is 11.4. The highest BCUT2D eigenvalue weighted by Crippen LogP contribution is 2.24. The molecule has 0 bridgehead atoms. The van der Waals surface area contributed by atoms with Gasteiger partial charge >= 0.3 is 0 Å². The number of thioether (sulfide) groups is 1. The number of hydrogen-bond donors (Lipinski definition) is 1. The van der Waals surface area contributed by atoms with Crippen molar-refractivity contribution >= 4 is 11.8 Å². The van der Waals surface area contributed by atoms with Gasteiger partial charge in [-0.15, -0.1) is 0 Å². The Morgan fingerprint density at radius 2 is 2.35 bits per heavy atom. The van der Waals surface area contributed by atoms with Crippen molar-refractivity contribution in [1.82, 2.24) is 5.32 Å². The van der Waals surface area contributed by atoms with E-state index in [1.807, 2.05) is 11.8 Å². The first-order valence-corrected chi connectivity index (χ1v) is 8.46. The first kappa shape index (κ1) is 15.7. The van der Waals surface area contributed by atoms with Crippen molar-refractivity contribution in [1.29, 1.82) is 0 Å². The zero-order chi connectivity index (χ0) is 14.4. The number of nitrogens with one attached hydrogen (secondary N) is 1. The van der Waals surface area contributed by atoms with E-state index in [0.29, 0.717) is 12.1 Å². The normalized spacial score (nSPS) is 20.6. The number of aryl methyl sites for hydroxylation is 1. The number of methoxy groups -OCH3 is 1. The maximum Gasteiger partial charge on any atom is 0.122 e. The van der Waals surface area contributed by atoms with Crippen molar-refractivity contribution in [3.05, 3.63) is 29.3 Å². The van der Waals surface area contributed by atoms with Gasteiger partial charge in [-0.1, -0.05) is 24.6 Å². The van der Waals surface area contributed by atoms with Crippen LogP contribution >= 0.6 is 11.8 Å². The summed E-state index contributed by atoms with van der Waals surface area (Å²) in [6.07, 6.45) is 1.24. The lowest BCUT2D eigenvalue weighted by Gasteiger charge is -2.31. The number of hydrogen-bond acceptors (Lipinski definition) is 4. The summed E-state index contributed by atoms with van der Waals surface area (Å²) in [7, 11) is 1.74. The average Bonchev–Trinajstić information content (AvgIpc) is 2.48. The third kappa shape index (κ3) is 4.14. The fourth-order valence-electron chi connectivity index (χ4n) is 2.64.